The Morgan fingerprint density at radius 2 is 2.00 bits per heavy atom. The first-order chi connectivity index (χ1) is 5.61. The molecular weight excluding hydrogens is 148 g/mol. The van der Waals surface area contributed by atoms with Gasteiger partial charge in [-0.15, -0.1) is 0 Å². The monoisotopic (exact) mass is 162 g/mol. The maximum atomic E-state index is 6.99. The van der Waals surface area contributed by atoms with E-state index in [0.29, 0.717) is 11.3 Å². The molecule has 0 aliphatic rings. The Balaban J connectivity index is 4.80. The summed E-state index contributed by atoms with van der Waals surface area (Å²) >= 11 is 0. The fourth-order valence-corrected chi connectivity index (χ4v) is 0.659. The maximum absolute atomic E-state index is 6.99. The van der Waals surface area contributed by atoms with E-state index in [9.17, 15) is 0 Å². The topological polar surface area (TPSA) is 36.2 Å². The Labute approximate surface area is 73.5 Å². The third kappa shape index (κ3) is 3.66. The van der Waals surface area contributed by atoms with Crippen molar-refractivity contribution in [2.45, 2.75) is 13.8 Å². The molecule has 0 heterocycles. The van der Waals surface area contributed by atoms with Crippen LogP contribution < -0.4 is 0 Å². The highest BCUT2D eigenvalue weighted by Crippen LogP contribution is 1.99. The van der Waals surface area contributed by atoms with Gasteiger partial charge >= 0.3 is 0 Å². The van der Waals surface area contributed by atoms with Gasteiger partial charge in [-0.1, -0.05) is 18.7 Å². The Kier molecular flexibility index (Phi) is 4.61. The number of nitrogens with one attached hydrogen (secondary N) is 1. The first kappa shape index (κ1) is 10.6. The molecule has 0 fully saturated rings. The third-order valence-electron chi connectivity index (χ3n) is 1.16. The molecule has 0 atom stereocenters. The molecule has 0 aliphatic carbocycles. The lowest BCUT2D eigenvalue weighted by Crippen LogP contribution is -1.98. The normalized spacial score (nSPS) is 10.3. The van der Waals surface area contributed by atoms with Gasteiger partial charge < -0.3 is 5.41 Å². The Hall–Kier alpha value is -1.44. The van der Waals surface area contributed by atoms with Crippen molar-refractivity contribution in [1.82, 2.24) is 0 Å². The van der Waals surface area contributed by atoms with Crippen LogP contribution in [0.1, 0.15) is 13.8 Å². The van der Waals surface area contributed by atoms with E-state index in [1.54, 1.807) is 0 Å². The quantitative estimate of drug-likeness (QED) is 0.617. The molecule has 0 aromatic rings. The van der Waals surface area contributed by atoms with Crippen molar-refractivity contribution in [2.24, 2.45) is 4.99 Å². The fraction of sp³-hybridized carbons (Fsp3) is 0.200. The minimum Gasteiger partial charge on any atom is -0.308 e. The molecule has 2 nitrogen and oxygen atoms in total. The zero-order chi connectivity index (χ0) is 9.56. The van der Waals surface area contributed by atoms with Crippen LogP contribution in [0.3, 0.4) is 0 Å². The molecule has 64 valence electrons. The lowest BCUT2D eigenvalue weighted by molar-refractivity contribution is 1.40. The van der Waals surface area contributed by atoms with Crippen molar-refractivity contribution in [3.63, 3.8) is 0 Å². The molecule has 0 aliphatic heterocycles. The molecule has 0 bridgehead atoms. The smallest absolute Gasteiger partial charge is 0.0710 e. The number of aliphatic imine (C=N–C) groups is 1. The zero-order valence-electron chi connectivity index (χ0n) is 7.59. The number of hydrogen-bond acceptors (Lipinski definition) is 2. The second-order valence-electron chi connectivity index (χ2n) is 2.59. The van der Waals surface area contributed by atoms with Gasteiger partial charge in [-0.3, -0.25) is 4.99 Å². The summed E-state index contributed by atoms with van der Waals surface area (Å²) in [5.74, 6) is 0. The highest BCUT2D eigenvalue weighted by atomic mass is 14.7. The second-order valence-corrected chi connectivity index (χ2v) is 2.59. The highest BCUT2D eigenvalue weighted by Gasteiger charge is 1.96. The second kappa shape index (κ2) is 5.24. The van der Waals surface area contributed by atoms with Gasteiger partial charge in [0.2, 0.25) is 0 Å². The molecule has 0 unspecified atom stereocenters. The summed E-state index contributed by atoms with van der Waals surface area (Å²) in [5.41, 5.74) is 2.41. The van der Waals surface area contributed by atoms with E-state index in [2.05, 4.69) is 18.2 Å². The van der Waals surface area contributed by atoms with Crippen LogP contribution in [0.2, 0.25) is 0 Å². The van der Waals surface area contributed by atoms with Crippen molar-refractivity contribution in [3.05, 3.63) is 36.6 Å². The van der Waals surface area contributed by atoms with Crippen LogP contribution >= 0.6 is 0 Å². The van der Waals surface area contributed by atoms with Crippen LogP contribution in [0.25, 0.3) is 0 Å². The Bertz CT molecular complexity index is 253. The highest BCUT2D eigenvalue weighted by molar-refractivity contribution is 6.20. The van der Waals surface area contributed by atoms with E-state index in [4.69, 9.17) is 5.41 Å². The molecule has 2 heteroatoms. The van der Waals surface area contributed by atoms with Gasteiger partial charge in [0.05, 0.1) is 5.71 Å². The Morgan fingerprint density at radius 3 is 2.33 bits per heavy atom. The Morgan fingerprint density at radius 1 is 1.42 bits per heavy atom. The zero-order valence-corrected chi connectivity index (χ0v) is 7.59. The van der Waals surface area contributed by atoms with Crippen molar-refractivity contribution in [3.8, 4) is 0 Å². The molecule has 0 radical (unpaired) electrons. The predicted octanol–water partition coefficient (Wildman–Crippen LogP) is 2.74. The molecule has 0 rings (SSSR count). The van der Waals surface area contributed by atoms with Crippen LogP contribution in [0.15, 0.2) is 41.6 Å². The van der Waals surface area contributed by atoms with Crippen molar-refractivity contribution in [2.75, 3.05) is 0 Å². The molecule has 0 saturated carbocycles. The van der Waals surface area contributed by atoms with E-state index >= 15 is 0 Å². The number of allylic oxidation sites excluding steroid dienone is 3. The van der Waals surface area contributed by atoms with Gasteiger partial charge in [-0.25, -0.2) is 0 Å². The lowest BCUT2D eigenvalue weighted by atomic mass is 10.1. The van der Waals surface area contributed by atoms with Crippen molar-refractivity contribution in [1.29, 1.82) is 5.41 Å². The minimum absolute atomic E-state index is 0.594. The van der Waals surface area contributed by atoms with Gasteiger partial charge in [-0.2, -0.15) is 0 Å². The largest absolute Gasteiger partial charge is 0.308 e. The van der Waals surface area contributed by atoms with Gasteiger partial charge in [0.25, 0.3) is 0 Å². The molecule has 0 saturated heterocycles. The lowest BCUT2D eigenvalue weighted by Gasteiger charge is -1.98. The van der Waals surface area contributed by atoms with E-state index in [1.807, 2.05) is 19.9 Å². The number of nitrogens with zero attached hydrogens (tertiary/aromatic N) is 1. The van der Waals surface area contributed by atoms with Crippen LogP contribution in [-0.2, 0) is 0 Å². The van der Waals surface area contributed by atoms with Gasteiger partial charge in [0.1, 0.15) is 0 Å². The molecule has 1 N–H and O–H groups in total. The molecule has 0 aromatic heterocycles. The average molecular weight is 162 g/mol. The summed E-state index contributed by atoms with van der Waals surface area (Å²) in [6.45, 7) is 11.1. The summed E-state index contributed by atoms with van der Waals surface area (Å²) in [6.07, 6.45) is 4.50. The van der Waals surface area contributed by atoms with Crippen molar-refractivity contribution < 1.29 is 0 Å². The average Bonchev–Trinajstić information content (AvgIpc) is 2.01. The predicted molar refractivity (Wildman–Crippen MR) is 55.0 cm³/mol. The first-order valence-corrected chi connectivity index (χ1v) is 3.65. The standard InChI is InChI=1S/C10H14N2/c1-5-12-10(6-8(2)3)9(4)7-11/h5-7,11H,1,4H2,2-3H3. The summed E-state index contributed by atoms with van der Waals surface area (Å²) < 4.78 is 0. The van der Waals surface area contributed by atoms with Crippen LogP contribution in [0, 0.1) is 5.41 Å². The summed E-state index contributed by atoms with van der Waals surface area (Å²) in [4.78, 5) is 3.99. The van der Waals surface area contributed by atoms with E-state index in [0.717, 1.165) is 5.57 Å². The summed E-state index contributed by atoms with van der Waals surface area (Å²) in [7, 11) is 0. The summed E-state index contributed by atoms with van der Waals surface area (Å²) in [6, 6.07) is 0. The van der Waals surface area contributed by atoms with Gasteiger partial charge in [0, 0.05) is 18.0 Å². The minimum atomic E-state index is 0.594. The van der Waals surface area contributed by atoms with E-state index in [1.165, 1.54) is 12.4 Å². The SMILES string of the molecule is C=CN=C(C=C(C)C)C(=C)C=N. The fourth-order valence-electron chi connectivity index (χ4n) is 0.659. The molecular formula is C10H14N2. The maximum Gasteiger partial charge on any atom is 0.0710 e. The molecule has 12 heavy (non-hydrogen) atoms. The van der Waals surface area contributed by atoms with Gasteiger partial charge in [0.15, 0.2) is 0 Å². The van der Waals surface area contributed by atoms with E-state index in [-0.39, 0.29) is 0 Å². The molecule has 0 aromatic carbocycles. The number of hydrogen-bond donors (Lipinski definition) is 1. The van der Waals surface area contributed by atoms with Crippen molar-refractivity contribution >= 4 is 11.9 Å². The van der Waals surface area contributed by atoms with Crippen LogP contribution in [-0.4, -0.2) is 11.9 Å². The van der Waals surface area contributed by atoms with Crippen LogP contribution in [0.4, 0.5) is 0 Å². The summed E-state index contributed by atoms with van der Waals surface area (Å²) in [5, 5.41) is 6.99. The van der Waals surface area contributed by atoms with Crippen LogP contribution in [0.5, 0.6) is 0 Å². The number of rotatable bonds is 4. The molecule has 0 spiro atoms. The van der Waals surface area contributed by atoms with E-state index < -0.39 is 0 Å². The van der Waals surface area contributed by atoms with Gasteiger partial charge in [-0.05, 0) is 19.9 Å². The third-order valence-corrected chi connectivity index (χ3v) is 1.16. The first-order valence-electron chi connectivity index (χ1n) is 3.65. The molecule has 0 amide bonds.